The minimum absolute atomic E-state index is 0.547. The summed E-state index contributed by atoms with van der Waals surface area (Å²) in [5, 5.41) is 4.17. The van der Waals surface area contributed by atoms with Gasteiger partial charge in [0.2, 0.25) is 0 Å². The molecule has 8 nitrogen and oxygen atoms in total. The summed E-state index contributed by atoms with van der Waals surface area (Å²) in [7, 11) is 0. The largest absolute Gasteiger partial charge is 0.379 e. The average molecular weight is 626 g/mol. The van der Waals surface area contributed by atoms with E-state index in [1.807, 2.05) is 20.8 Å². The van der Waals surface area contributed by atoms with Crippen LogP contribution in [0.2, 0.25) is 0 Å². The van der Waals surface area contributed by atoms with Crippen molar-refractivity contribution in [1.82, 2.24) is 19.6 Å². The number of rotatable bonds is 13. The molecular weight excluding hydrogens is 582 g/mol. The fraction of sp³-hybridized carbons (Fsp3) is 0.389. The molecule has 3 heterocycles. The molecule has 5 aromatic rings. The Balaban J connectivity index is 1.29. The van der Waals surface area contributed by atoms with E-state index in [9.17, 15) is 0 Å². The summed E-state index contributed by atoms with van der Waals surface area (Å²) in [6.45, 7) is 14.7. The molecule has 0 aliphatic carbocycles. The Labute approximate surface area is 270 Å². The minimum atomic E-state index is 0.547. The lowest BCUT2D eigenvalue weighted by Gasteiger charge is -2.26. The third-order valence-electron chi connectivity index (χ3n) is 8.44. The van der Waals surface area contributed by atoms with Gasteiger partial charge in [0.25, 0.3) is 0 Å². The van der Waals surface area contributed by atoms with Gasteiger partial charge in [0.15, 0.2) is 5.82 Å². The van der Waals surface area contributed by atoms with Crippen LogP contribution in [0.1, 0.15) is 54.1 Å². The van der Waals surface area contributed by atoms with Crippen molar-refractivity contribution in [3.05, 3.63) is 94.5 Å². The average Bonchev–Trinajstić information content (AvgIpc) is 3.57. The quantitative estimate of drug-likeness (QED) is 0.133. The van der Waals surface area contributed by atoms with Gasteiger partial charge in [-0.3, -0.25) is 4.90 Å². The maximum Gasteiger partial charge on any atom is 0.182 e. The van der Waals surface area contributed by atoms with Crippen LogP contribution in [0.25, 0.3) is 22.2 Å². The second kappa shape index (κ2) is 14.6. The molecule has 3 aromatic carbocycles. The van der Waals surface area contributed by atoms with Crippen molar-refractivity contribution < 1.29 is 14.0 Å². The van der Waals surface area contributed by atoms with Crippen molar-refractivity contribution in [2.75, 3.05) is 37.6 Å². The fourth-order valence-electron chi connectivity index (χ4n) is 5.85. The van der Waals surface area contributed by atoms with E-state index in [1.54, 1.807) is 11.9 Å². The number of imidazole rings is 1. The van der Waals surface area contributed by atoms with E-state index >= 15 is 0 Å². The van der Waals surface area contributed by atoms with Crippen LogP contribution < -0.4 is 4.72 Å². The fourth-order valence-corrected chi connectivity index (χ4v) is 6.68. The molecule has 45 heavy (non-hydrogen) atoms. The number of benzene rings is 3. The first-order chi connectivity index (χ1) is 22.0. The molecule has 6 rings (SSSR count). The third kappa shape index (κ3) is 7.28. The minimum Gasteiger partial charge on any atom is -0.379 e. The first kappa shape index (κ1) is 31.4. The van der Waals surface area contributed by atoms with Crippen LogP contribution in [0, 0.1) is 13.8 Å². The highest BCUT2D eigenvalue weighted by Gasteiger charge is 2.17. The van der Waals surface area contributed by atoms with Gasteiger partial charge in [0.1, 0.15) is 11.6 Å². The van der Waals surface area contributed by atoms with Crippen LogP contribution in [0.15, 0.2) is 70.1 Å². The molecule has 1 saturated heterocycles. The molecule has 1 N–H and O–H groups in total. The number of morpholine rings is 1. The molecule has 0 saturated carbocycles. The Bertz CT molecular complexity index is 1740. The highest BCUT2D eigenvalue weighted by Crippen LogP contribution is 2.35. The third-order valence-corrected chi connectivity index (χ3v) is 9.31. The first-order valence-electron chi connectivity index (χ1n) is 16.0. The highest BCUT2D eigenvalue weighted by atomic mass is 32.2. The predicted molar refractivity (Wildman–Crippen MR) is 182 cm³/mol. The van der Waals surface area contributed by atoms with Crippen LogP contribution in [0.3, 0.4) is 0 Å². The smallest absolute Gasteiger partial charge is 0.182 e. The molecule has 0 amide bonds. The molecule has 1 aliphatic rings. The van der Waals surface area contributed by atoms with E-state index in [0.29, 0.717) is 13.2 Å². The van der Waals surface area contributed by atoms with E-state index < -0.39 is 0 Å². The van der Waals surface area contributed by atoms with Gasteiger partial charge in [-0.25, -0.2) is 4.98 Å². The lowest BCUT2D eigenvalue weighted by atomic mass is 9.97. The van der Waals surface area contributed by atoms with Crippen molar-refractivity contribution >= 4 is 28.8 Å². The van der Waals surface area contributed by atoms with Crippen molar-refractivity contribution in [3.8, 4) is 11.1 Å². The maximum atomic E-state index is 5.99. The van der Waals surface area contributed by atoms with Crippen LogP contribution in [-0.2, 0) is 35.6 Å². The van der Waals surface area contributed by atoms with Gasteiger partial charge in [0.05, 0.1) is 30.9 Å². The zero-order valence-electron chi connectivity index (χ0n) is 26.8. The van der Waals surface area contributed by atoms with Crippen LogP contribution in [0.5, 0.6) is 0 Å². The maximum absolute atomic E-state index is 5.99. The Morgan fingerprint density at radius 1 is 0.933 bits per heavy atom. The normalized spacial score (nSPS) is 14.0. The van der Waals surface area contributed by atoms with Gasteiger partial charge in [-0.1, -0.05) is 54.5 Å². The van der Waals surface area contributed by atoms with Crippen molar-refractivity contribution in [1.29, 1.82) is 0 Å². The van der Waals surface area contributed by atoms with Crippen molar-refractivity contribution in [2.24, 2.45) is 0 Å². The number of hydrogen-bond donors (Lipinski definition) is 1. The summed E-state index contributed by atoms with van der Waals surface area (Å²) in [4.78, 5) is 8.70. The van der Waals surface area contributed by atoms with Crippen molar-refractivity contribution in [3.63, 3.8) is 0 Å². The van der Waals surface area contributed by atoms with E-state index in [0.717, 1.165) is 91.2 Å². The Hall–Kier alpha value is -3.63. The first-order valence-corrected chi connectivity index (χ1v) is 16.8. The summed E-state index contributed by atoms with van der Waals surface area (Å²) in [6.07, 6.45) is 1.99. The Kier molecular flexibility index (Phi) is 10.2. The lowest BCUT2D eigenvalue weighted by molar-refractivity contribution is 0.0342. The molecule has 2 aromatic heterocycles. The molecule has 0 unspecified atom stereocenters. The number of hydrogen-bond acceptors (Lipinski definition) is 8. The zero-order chi connectivity index (χ0) is 31.2. The molecule has 1 aliphatic heterocycles. The number of aromatic nitrogens is 3. The van der Waals surface area contributed by atoms with Gasteiger partial charge in [-0.2, -0.15) is 0 Å². The topological polar surface area (TPSA) is 77.6 Å². The van der Waals surface area contributed by atoms with Crippen LogP contribution in [0.4, 0.5) is 5.82 Å². The number of ether oxygens (including phenoxy) is 2. The van der Waals surface area contributed by atoms with E-state index in [4.69, 9.17) is 19.0 Å². The monoisotopic (exact) mass is 625 g/mol. The lowest BCUT2D eigenvalue weighted by Crippen LogP contribution is -2.35. The number of nitrogens with zero attached hydrogens (tertiary/aromatic N) is 4. The summed E-state index contributed by atoms with van der Waals surface area (Å²) in [5.41, 5.74) is 9.31. The molecular formula is C36H43N5O3S. The molecule has 0 radical (unpaired) electrons. The van der Waals surface area contributed by atoms with Gasteiger partial charge in [0, 0.05) is 49.7 Å². The van der Waals surface area contributed by atoms with Crippen molar-refractivity contribution in [2.45, 2.75) is 65.1 Å². The Morgan fingerprint density at radius 3 is 2.51 bits per heavy atom. The highest BCUT2D eigenvalue weighted by molar-refractivity contribution is 8.00. The van der Waals surface area contributed by atoms with Gasteiger partial charge in [-0.05, 0) is 85.2 Å². The van der Waals surface area contributed by atoms with Gasteiger partial charge >= 0.3 is 0 Å². The standard InChI is InChI=1S/C36H43N5O3S/c1-5-9-35-37-32-21-28(22-40-16-18-43-19-17-40)13-15-33(32)41(35)23-27-12-14-30(29(20-27)24-42-6-2)31-10-7-8-11-34(31)45-39-36-25(3)26(4)44-38-36/h7-8,10-15,20-21H,5-6,9,16-19,22-24H2,1-4H3,(H,38,39). The second-order valence-electron chi connectivity index (χ2n) is 11.6. The molecule has 9 heteroatoms. The Morgan fingerprint density at radius 2 is 1.73 bits per heavy atom. The van der Waals surface area contributed by atoms with Crippen LogP contribution >= 0.6 is 11.9 Å². The molecule has 236 valence electrons. The number of aryl methyl sites for hydroxylation is 2. The number of fused-ring (bicyclic) bond motifs is 1. The summed E-state index contributed by atoms with van der Waals surface area (Å²) < 4.78 is 22.7. The zero-order valence-corrected chi connectivity index (χ0v) is 27.6. The second-order valence-corrected chi connectivity index (χ2v) is 12.5. The summed E-state index contributed by atoms with van der Waals surface area (Å²) >= 11 is 1.55. The SMILES string of the molecule is CCCc1nc2cc(CN3CCOCC3)ccc2n1Cc1ccc(-c2ccccc2SNc2noc(C)c2C)c(COCC)c1. The van der Waals surface area contributed by atoms with Gasteiger partial charge < -0.3 is 23.3 Å². The van der Waals surface area contributed by atoms with Gasteiger partial charge in [-0.15, -0.1) is 0 Å². The van der Waals surface area contributed by atoms with E-state index in [-0.39, 0.29) is 0 Å². The number of anilines is 1. The molecule has 0 bridgehead atoms. The summed E-state index contributed by atoms with van der Waals surface area (Å²) in [5.74, 6) is 2.71. The molecule has 0 atom stereocenters. The molecule has 1 fully saturated rings. The van der Waals surface area contributed by atoms with E-state index in [2.05, 4.69) is 86.9 Å². The predicted octanol–water partition coefficient (Wildman–Crippen LogP) is 7.80. The molecule has 0 spiro atoms. The van der Waals surface area contributed by atoms with E-state index in [1.165, 1.54) is 27.8 Å². The summed E-state index contributed by atoms with van der Waals surface area (Å²) in [6, 6.07) is 22.1. The number of nitrogens with one attached hydrogen (secondary N) is 1. The van der Waals surface area contributed by atoms with Crippen LogP contribution in [-0.4, -0.2) is 52.5 Å².